The summed E-state index contributed by atoms with van der Waals surface area (Å²) in [6.45, 7) is 2.55. The van der Waals surface area contributed by atoms with Crippen LogP contribution in [0, 0.1) is 0 Å². The van der Waals surface area contributed by atoms with Gasteiger partial charge in [0.2, 0.25) is 0 Å². The van der Waals surface area contributed by atoms with Gasteiger partial charge in [-0.15, -0.1) is 11.3 Å². The van der Waals surface area contributed by atoms with Gasteiger partial charge in [-0.05, 0) is 42.0 Å². The Morgan fingerprint density at radius 1 is 1.45 bits per heavy atom. The first-order chi connectivity index (χ1) is 9.72. The average Bonchev–Trinajstić information content (AvgIpc) is 3.07. The SMILES string of the molecule is CC(Cn1cncn1)NC(=O)c1ccc2sccc2c1. The zero-order valence-electron chi connectivity index (χ0n) is 11.0. The van der Waals surface area contributed by atoms with Crippen molar-refractivity contribution in [2.24, 2.45) is 0 Å². The molecule has 3 aromatic rings. The Kier molecular flexibility index (Phi) is 3.47. The van der Waals surface area contributed by atoms with Gasteiger partial charge in [-0.25, -0.2) is 4.98 Å². The number of carbonyl (C=O) groups excluding carboxylic acids is 1. The smallest absolute Gasteiger partial charge is 0.251 e. The summed E-state index contributed by atoms with van der Waals surface area (Å²) in [5.41, 5.74) is 0.682. The molecule has 2 heterocycles. The van der Waals surface area contributed by atoms with Gasteiger partial charge < -0.3 is 5.32 Å². The summed E-state index contributed by atoms with van der Waals surface area (Å²) in [6.07, 6.45) is 3.12. The highest BCUT2D eigenvalue weighted by Gasteiger charge is 2.11. The lowest BCUT2D eigenvalue weighted by molar-refractivity contribution is 0.0936. The number of nitrogens with one attached hydrogen (secondary N) is 1. The maximum atomic E-state index is 12.2. The number of nitrogens with zero attached hydrogens (tertiary/aromatic N) is 3. The van der Waals surface area contributed by atoms with E-state index < -0.39 is 0 Å². The number of rotatable bonds is 4. The number of benzene rings is 1. The molecule has 20 heavy (non-hydrogen) atoms. The van der Waals surface area contributed by atoms with E-state index in [0.29, 0.717) is 12.1 Å². The van der Waals surface area contributed by atoms with Crippen LogP contribution in [0.5, 0.6) is 0 Å². The Morgan fingerprint density at radius 3 is 3.15 bits per heavy atom. The Hall–Kier alpha value is -2.21. The average molecular weight is 286 g/mol. The Balaban J connectivity index is 1.68. The van der Waals surface area contributed by atoms with E-state index in [9.17, 15) is 4.79 Å². The molecule has 1 unspecified atom stereocenters. The molecule has 0 bridgehead atoms. The summed E-state index contributed by atoms with van der Waals surface area (Å²) in [7, 11) is 0. The number of thiophene rings is 1. The standard InChI is InChI=1S/C14H14N4OS/c1-10(7-18-9-15-8-16-18)17-14(19)12-2-3-13-11(6-12)4-5-20-13/h2-6,8-10H,7H2,1H3,(H,17,19). The van der Waals surface area contributed by atoms with E-state index in [1.54, 1.807) is 22.3 Å². The molecule has 0 radical (unpaired) electrons. The zero-order chi connectivity index (χ0) is 13.9. The number of aromatic nitrogens is 3. The van der Waals surface area contributed by atoms with Crippen molar-refractivity contribution in [1.82, 2.24) is 20.1 Å². The molecule has 102 valence electrons. The van der Waals surface area contributed by atoms with E-state index in [0.717, 1.165) is 5.39 Å². The molecule has 0 saturated carbocycles. The van der Waals surface area contributed by atoms with Gasteiger partial charge in [-0.2, -0.15) is 5.10 Å². The minimum absolute atomic E-state index is 0.0117. The molecule has 0 aliphatic rings. The van der Waals surface area contributed by atoms with Gasteiger partial charge in [-0.1, -0.05) is 0 Å². The molecule has 1 amide bonds. The van der Waals surface area contributed by atoms with Crippen LogP contribution < -0.4 is 5.32 Å². The summed E-state index contributed by atoms with van der Waals surface area (Å²) in [6, 6.07) is 7.77. The molecular formula is C14H14N4OS. The predicted molar refractivity (Wildman–Crippen MR) is 78.8 cm³/mol. The monoisotopic (exact) mass is 286 g/mol. The second-order valence-electron chi connectivity index (χ2n) is 4.67. The molecule has 0 aliphatic heterocycles. The molecular weight excluding hydrogens is 272 g/mol. The third-order valence-corrected chi connectivity index (χ3v) is 3.92. The largest absolute Gasteiger partial charge is 0.348 e. The van der Waals surface area contributed by atoms with E-state index in [4.69, 9.17) is 0 Å². The number of hydrogen-bond donors (Lipinski definition) is 1. The molecule has 2 aromatic heterocycles. The second-order valence-corrected chi connectivity index (χ2v) is 5.61. The van der Waals surface area contributed by atoms with Gasteiger partial charge in [0.05, 0.1) is 6.54 Å². The highest BCUT2D eigenvalue weighted by atomic mass is 32.1. The molecule has 3 rings (SSSR count). The lowest BCUT2D eigenvalue weighted by Gasteiger charge is -2.13. The van der Waals surface area contributed by atoms with Gasteiger partial charge in [0.1, 0.15) is 12.7 Å². The van der Waals surface area contributed by atoms with Crippen LogP contribution in [0.3, 0.4) is 0 Å². The molecule has 6 heteroatoms. The molecule has 1 atom stereocenters. The van der Waals surface area contributed by atoms with Crippen molar-refractivity contribution < 1.29 is 4.79 Å². The van der Waals surface area contributed by atoms with Crippen LogP contribution in [0.1, 0.15) is 17.3 Å². The summed E-state index contributed by atoms with van der Waals surface area (Å²) >= 11 is 1.67. The number of hydrogen-bond acceptors (Lipinski definition) is 4. The maximum absolute atomic E-state index is 12.2. The van der Waals surface area contributed by atoms with E-state index >= 15 is 0 Å². The minimum Gasteiger partial charge on any atom is -0.348 e. The fraction of sp³-hybridized carbons (Fsp3) is 0.214. The molecule has 0 aliphatic carbocycles. The molecule has 5 nitrogen and oxygen atoms in total. The Bertz CT molecular complexity index is 720. The fourth-order valence-corrected chi connectivity index (χ4v) is 2.84. The Labute approximate surface area is 120 Å². The third kappa shape index (κ3) is 2.70. The van der Waals surface area contributed by atoms with E-state index in [2.05, 4.69) is 15.4 Å². The van der Waals surface area contributed by atoms with E-state index in [-0.39, 0.29) is 11.9 Å². The quantitative estimate of drug-likeness (QED) is 0.800. The van der Waals surface area contributed by atoms with Crippen molar-refractivity contribution in [3.63, 3.8) is 0 Å². The molecule has 1 aromatic carbocycles. The van der Waals surface area contributed by atoms with Crippen LogP contribution in [-0.4, -0.2) is 26.7 Å². The van der Waals surface area contributed by atoms with Gasteiger partial charge in [0.25, 0.3) is 5.91 Å². The topological polar surface area (TPSA) is 59.8 Å². The molecule has 0 saturated heterocycles. The fourth-order valence-electron chi connectivity index (χ4n) is 2.07. The van der Waals surface area contributed by atoms with Crippen molar-refractivity contribution in [2.75, 3.05) is 0 Å². The van der Waals surface area contributed by atoms with Gasteiger partial charge in [0.15, 0.2) is 0 Å². The van der Waals surface area contributed by atoms with Crippen LogP contribution in [0.15, 0.2) is 42.3 Å². The normalized spacial score (nSPS) is 12.4. The summed E-state index contributed by atoms with van der Waals surface area (Å²) in [5, 5.41) is 10.1. The minimum atomic E-state index is -0.0642. The predicted octanol–water partition coefficient (Wildman–Crippen LogP) is 2.31. The van der Waals surface area contributed by atoms with Crippen molar-refractivity contribution in [1.29, 1.82) is 0 Å². The van der Waals surface area contributed by atoms with Gasteiger partial charge in [-0.3, -0.25) is 9.48 Å². The van der Waals surface area contributed by atoms with Gasteiger partial charge >= 0.3 is 0 Å². The molecule has 1 N–H and O–H groups in total. The van der Waals surface area contributed by atoms with E-state index in [1.165, 1.54) is 11.0 Å². The van der Waals surface area contributed by atoms with Crippen molar-refractivity contribution in [2.45, 2.75) is 19.5 Å². The second kappa shape index (κ2) is 5.42. The van der Waals surface area contributed by atoms with Crippen molar-refractivity contribution in [3.8, 4) is 0 Å². The summed E-state index contributed by atoms with van der Waals surface area (Å²) in [5.74, 6) is -0.0642. The first-order valence-corrected chi connectivity index (χ1v) is 7.21. The highest BCUT2D eigenvalue weighted by Crippen LogP contribution is 2.21. The van der Waals surface area contributed by atoms with Crippen LogP contribution >= 0.6 is 11.3 Å². The number of fused-ring (bicyclic) bond motifs is 1. The van der Waals surface area contributed by atoms with Crippen LogP contribution in [0.4, 0.5) is 0 Å². The summed E-state index contributed by atoms with van der Waals surface area (Å²) < 4.78 is 2.89. The van der Waals surface area contributed by atoms with Crippen molar-refractivity contribution in [3.05, 3.63) is 47.9 Å². The highest BCUT2D eigenvalue weighted by molar-refractivity contribution is 7.17. The van der Waals surface area contributed by atoms with Gasteiger partial charge in [0, 0.05) is 16.3 Å². The Morgan fingerprint density at radius 2 is 2.35 bits per heavy atom. The zero-order valence-corrected chi connectivity index (χ0v) is 11.8. The lowest BCUT2D eigenvalue weighted by Crippen LogP contribution is -2.35. The number of amides is 1. The first kappa shape index (κ1) is 12.8. The summed E-state index contributed by atoms with van der Waals surface area (Å²) in [4.78, 5) is 16.1. The lowest BCUT2D eigenvalue weighted by atomic mass is 10.1. The molecule has 0 fully saturated rings. The van der Waals surface area contributed by atoms with Crippen LogP contribution in [0.25, 0.3) is 10.1 Å². The third-order valence-electron chi connectivity index (χ3n) is 3.02. The number of carbonyl (C=O) groups is 1. The molecule has 0 spiro atoms. The van der Waals surface area contributed by atoms with Crippen molar-refractivity contribution >= 4 is 27.3 Å². The van der Waals surface area contributed by atoms with Crippen LogP contribution in [0.2, 0.25) is 0 Å². The first-order valence-electron chi connectivity index (χ1n) is 6.33. The van der Waals surface area contributed by atoms with Crippen LogP contribution in [-0.2, 0) is 6.54 Å². The maximum Gasteiger partial charge on any atom is 0.251 e. The van der Waals surface area contributed by atoms with E-state index in [1.807, 2.05) is 36.6 Å².